The largest absolute Gasteiger partial charge is 0.504 e. The van der Waals surface area contributed by atoms with Crippen LogP contribution in [0.5, 0.6) is 11.5 Å². The van der Waals surface area contributed by atoms with Gasteiger partial charge in [-0.2, -0.15) is 13.1 Å². The van der Waals surface area contributed by atoms with Gasteiger partial charge in [-0.1, -0.05) is 0 Å². The van der Waals surface area contributed by atoms with Crippen LogP contribution in [0.4, 0.5) is 10.5 Å². The second-order valence-electron chi connectivity index (χ2n) is 5.04. The first kappa shape index (κ1) is 18.4. The summed E-state index contributed by atoms with van der Waals surface area (Å²) in [6.07, 6.45) is 0. The number of nitrogens with one attached hydrogen (secondary N) is 3. The zero-order valence-electron chi connectivity index (χ0n) is 12.6. The van der Waals surface area contributed by atoms with Crippen molar-refractivity contribution in [1.29, 1.82) is 0 Å². The van der Waals surface area contributed by atoms with Gasteiger partial charge < -0.3 is 21.3 Å². The third kappa shape index (κ3) is 4.56. The molecule has 2 rings (SSSR count). The Morgan fingerprint density at radius 3 is 2.52 bits per heavy atom. The predicted molar refractivity (Wildman–Crippen MR) is 83.5 cm³/mol. The number of hydrogen-bond acceptors (Lipinski definition) is 8. The number of phenolic OH excluding ortho intramolecular Hbond substituents is 2. The van der Waals surface area contributed by atoms with Crippen molar-refractivity contribution in [2.45, 2.75) is 6.04 Å². The highest BCUT2D eigenvalue weighted by Gasteiger charge is 2.39. The number of nitrogens with zero attached hydrogens (tertiary/aromatic N) is 1. The average Bonchev–Trinajstić information content (AvgIpc) is 2.53. The third-order valence-electron chi connectivity index (χ3n) is 3.11. The van der Waals surface area contributed by atoms with E-state index in [4.69, 9.17) is 10.8 Å². The van der Waals surface area contributed by atoms with Gasteiger partial charge in [0.15, 0.2) is 11.5 Å². The van der Waals surface area contributed by atoms with Gasteiger partial charge in [0, 0.05) is 11.8 Å². The summed E-state index contributed by atoms with van der Waals surface area (Å²) in [5.74, 6) is -2.37. The van der Waals surface area contributed by atoms with Gasteiger partial charge in [-0.05, 0) is 12.1 Å². The molecule has 1 aromatic rings. The fourth-order valence-electron chi connectivity index (χ4n) is 1.81. The Labute approximate surface area is 141 Å². The number of urea groups is 1. The standard InChI is InChI=1S/C12H15N5O7S/c13-7-5-17(11(7)21)12(22)16-25(23,24)14-4-10(20)15-6-1-2-8(18)9(19)3-6/h1-3,7,14,18-19H,4-5,13H2,(H,15,20)(H,16,22). The second kappa shape index (κ2) is 6.92. The van der Waals surface area contributed by atoms with Crippen molar-refractivity contribution in [2.24, 2.45) is 5.73 Å². The smallest absolute Gasteiger partial charge is 0.338 e. The summed E-state index contributed by atoms with van der Waals surface area (Å²) >= 11 is 0. The van der Waals surface area contributed by atoms with E-state index in [1.807, 2.05) is 4.72 Å². The van der Waals surface area contributed by atoms with Gasteiger partial charge in [0.2, 0.25) is 11.8 Å². The number of carbonyl (C=O) groups is 3. The molecule has 1 aromatic carbocycles. The SMILES string of the molecule is NC1CN(C(=O)NS(=O)(=O)NCC(=O)Nc2ccc(O)c(O)c2)C1=O. The molecule has 25 heavy (non-hydrogen) atoms. The molecule has 136 valence electrons. The lowest BCUT2D eigenvalue weighted by molar-refractivity contribution is -0.137. The lowest BCUT2D eigenvalue weighted by atomic mass is 10.1. The van der Waals surface area contributed by atoms with Crippen molar-refractivity contribution in [3.63, 3.8) is 0 Å². The molecule has 0 radical (unpaired) electrons. The Hall–Kier alpha value is -2.90. The van der Waals surface area contributed by atoms with Crippen LogP contribution < -0.4 is 20.5 Å². The molecule has 1 aliphatic rings. The molecule has 0 saturated carbocycles. The first-order valence-corrected chi connectivity index (χ1v) is 8.27. The second-order valence-corrected chi connectivity index (χ2v) is 6.54. The van der Waals surface area contributed by atoms with E-state index in [1.165, 1.54) is 6.07 Å². The first-order valence-electron chi connectivity index (χ1n) is 6.79. The fourth-order valence-corrected chi connectivity index (χ4v) is 2.54. The molecule has 7 N–H and O–H groups in total. The molecule has 0 aromatic heterocycles. The Balaban J connectivity index is 1.84. The maximum atomic E-state index is 11.7. The Morgan fingerprint density at radius 1 is 1.28 bits per heavy atom. The minimum absolute atomic E-state index is 0.106. The summed E-state index contributed by atoms with van der Waals surface area (Å²) < 4.78 is 26.7. The number of benzene rings is 1. The van der Waals surface area contributed by atoms with Crippen LogP contribution >= 0.6 is 0 Å². The molecule has 1 fully saturated rings. The van der Waals surface area contributed by atoms with Gasteiger partial charge in [0.05, 0.1) is 13.1 Å². The highest BCUT2D eigenvalue weighted by Crippen LogP contribution is 2.27. The van der Waals surface area contributed by atoms with E-state index >= 15 is 0 Å². The van der Waals surface area contributed by atoms with Crippen molar-refractivity contribution in [1.82, 2.24) is 14.3 Å². The summed E-state index contributed by atoms with van der Waals surface area (Å²) in [6.45, 7) is -0.831. The zero-order chi connectivity index (χ0) is 18.8. The monoisotopic (exact) mass is 373 g/mol. The molecule has 12 nitrogen and oxygen atoms in total. The normalized spacial score (nSPS) is 16.9. The van der Waals surface area contributed by atoms with Gasteiger partial charge in [-0.25, -0.2) is 9.52 Å². The molecular formula is C12H15N5O7S. The lowest BCUT2D eigenvalue weighted by Crippen LogP contribution is -2.65. The lowest BCUT2D eigenvalue weighted by Gasteiger charge is -2.33. The van der Waals surface area contributed by atoms with Gasteiger partial charge in [-0.15, -0.1) is 0 Å². The highest BCUT2D eigenvalue weighted by molar-refractivity contribution is 7.88. The van der Waals surface area contributed by atoms with E-state index in [-0.39, 0.29) is 18.0 Å². The van der Waals surface area contributed by atoms with Crippen LogP contribution in [0.3, 0.4) is 0 Å². The van der Waals surface area contributed by atoms with E-state index in [0.29, 0.717) is 4.90 Å². The van der Waals surface area contributed by atoms with Gasteiger partial charge in [0.1, 0.15) is 6.04 Å². The Morgan fingerprint density at radius 2 is 1.96 bits per heavy atom. The molecule has 1 aliphatic heterocycles. The summed E-state index contributed by atoms with van der Waals surface area (Å²) in [5, 5.41) is 20.7. The first-order chi connectivity index (χ1) is 11.6. The fraction of sp³-hybridized carbons (Fsp3) is 0.250. The molecule has 0 spiro atoms. The van der Waals surface area contributed by atoms with Crippen LogP contribution in [-0.4, -0.2) is 60.5 Å². The summed E-state index contributed by atoms with van der Waals surface area (Å²) in [5.41, 5.74) is 5.40. The van der Waals surface area contributed by atoms with E-state index in [1.54, 1.807) is 4.72 Å². The van der Waals surface area contributed by atoms with E-state index in [2.05, 4.69) is 5.32 Å². The maximum absolute atomic E-state index is 11.7. The molecule has 0 aliphatic carbocycles. The van der Waals surface area contributed by atoms with Crippen LogP contribution in [0, 0.1) is 0 Å². The van der Waals surface area contributed by atoms with Crippen molar-refractivity contribution in [3.05, 3.63) is 18.2 Å². The van der Waals surface area contributed by atoms with E-state index in [0.717, 1.165) is 12.1 Å². The van der Waals surface area contributed by atoms with Gasteiger partial charge >= 0.3 is 16.2 Å². The number of anilines is 1. The molecule has 1 heterocycles. The highest BCUT2D eigenvalue weighted by atomic mass is 32.2. The number of phenols is 2. The molecule has 1 atom stereocenters. The number of amides is 4. The van der Waals surface area contributed by atoms with Crippen LogP contribution in [-0.2, 0) is 19.8 Å². The molecule has 4 amide bonds. The number of nitrogens with two attached hydrogens (primary N) is 1. The van der Waals surface area contributed by atoms with Crippen molar-refractivity contribution < 1.29 is 33.0 Å². The van der Waals surface area contributed by atoms with Crippen molar-refractivity contribution in [2.75, 3.05) is 18.4 Å². The van der Waals surface area contributed by atoms with E-state index < -0.39 is 46.4 Å². The Kier molecular flexibility index (Phi) is 5.10. The topological polar surface area (TPSA) is 191 Å². The van der Waals surface area contributed by atoms with Crippen molar-refractivity contribution >= 4 is 33.7 Å². The summed E-state index contributed by atoms with van der Waals surface area (Å²) in [6, 6.07) is 1.45. The number of likely N-dealkylation sites (tertiary alicyclic amines) is 1. The maximum Gasteiger partial charge on any atom is 0.338 e. The Bertz CT molecular complexity index is 825. The van der Waals surface area contributed by atoms with Crippen LogP contribution in [0.25, 0.3) is 0 Å². The summed E-state index contributed by atoms with van der Waals surface area (Å²) in [7, 11) is -4.38. The third-order valence-corrected chi connectivity index (χ3v) is 4.08. The number of aromatic hydroxyl groups is 2. The van der Waals surface area contributed by atoms with Crippen molar-refractivity contribution in [3.8, 4) is 11.5 Å². The number of carbonyl (C=O) groups excluding carboxylic acids is 3. The average molecular weight is 373 g/mol. The molecule has 0 bridgehead atoms. The number of β-lactam (4-membered cyclic amide) rings is 1. The zero-order valence-corrected chi connectivity index (χ0v) is 13.4. The predicted octanol–water partition coefficient (Wildman–Crippen LogP) is -2.25. The van der Waals surface area contributed by atoms with Crippen LogP contribution in [0.1, 0.15) is 0 Å². The molecule has 1 saturated heterocycles. The molecular weight excluding hydrogens is 358 g/mol. The van der Waals surface area contributed by atoms with Gasteiger partial charge in [-0.3, -0.25) is 14.5 Å². The summed E-state index contributed by atoms with van der Waals surface area (Å²) in [4.78, 5) is 35.1. The van der Waals surface area contributed by atoms with E-state index in [9.17, 15) is 27.9 Å². The molecule has 13 heteroatoms. The number of hydrogen-bond donors (Lipinski definition) is 6. The minimum atomic E-state index is -4.38. The van der Waals surface area contributed by atoms with Crippen LogP contribution in [0.15, 0.2) is 18.2 Å². The van der Waals surface area contributed by atoms with Gasteiger partial charge in [0.25, 0.3) is 0 Å². The molecule has 1 unspecified atom stereocenters. The number of rotatable bonds is 5. The quantitative estimate of drug-likeness (QED) is 0.189. The minimum Gasteiger partial charge on any atom is -0.504 e. The van der Waals surface area contributed by atoms with Crippen LogP contribution in [0.2, 0.25) is 0 Å². The number of imide groups is 1.